The molecular formula is C15H17BrN2O3. The Balaban J connectivity index is 2.14. The molecular weight excluding hydrogens is 336 g/mol. The summed E-state index contributed by atoms with van der Waals surface area (Å²) in [6.07, 6.45) is 0. The molecule has 1 N–H and O–H groups in total. The third kappa shape index (κ3) is 3.71. The van der Waals surface area contributed by atoms with E-state index in [1.165, 1.54) is 6.07 Å². The van der Waals surface area contributed by atoms with Crippen molar-refractivity contribution in [3.05, 3.63) is 61.5 Å². The molecule has 0 aliphatic carbocycles. The first kappa shape index (κ1) is 15.7. The number of hydrogen-bond acceptors (Lipinski definition) is 4. The molecule has 1 aromatic carbocycles. The summed E-state index contributed by atoms with van der Waals surface area (Å²) in [5.74, 6) is 1.74. The minimum Gasteiger partial charge on any atom is -0.466 e. The number of nitro groups is 1. The number of nitro benzene ring substituents is 1. The SMILES string of the molecule is Cc1cc(C(C)NCc2cc(Br)ccc2[N+](=O)[O-])c(C)o1. The standard InChI is InChI=1S/C15H17BrN2O3/c1-9-6-14(11(3)21-9)10(2)17-8-12-7-13(16)4-5-15(12)18(19)20/h4-7,10,17H,8H2,1-3H3. The predicted octanol–water partition coefficient (Wildman–Crippen LogP) is 4.42. The number of nitrogens with zero attached hydrogens (tertiary/aromatic N) is 1. The van der Waals surface area contributed by atoms with Crippen LogP contribution in [0.15, 0.2) is 33.2 Å². The summed E-state index contributed by atoms with van der Waals surface area (Å²) >= 11 is 3.35. The first-order chi connectivity index (χ1) is 9.88. The lowest BCUT2D eigenvalue weighted by atomic mass is 10.1. The summed E-state index contributed by atoms with van der Waals surface area (Å²) in [7, 11) is 0. The summed E-state index contributed by atoms with van der Waals surface area (Å²) in [5.41, 5.74) is 1.85. The lowest BCUT2D eigenvalue weighted by Gasteiger charge is -2.13. The fraction of sp³-hybridized carbons (Fsp3) is 0.333. The van der Waals surface area contributed by atoms with Crippen molar-refractivity contribution in [1.29, 1.82) is 0 Å². The van der Waals surface area contributed by atoms with E-state index in [4.69, 9.17) is 4.42 Å². The quantitative estimate of drug-likeness (QED) is 0.638. The van der Waals surface area contributed by atoms with Crippen LogP contribution in [-0.2, 0) is 6.54 Å². The molecule has 0 spiro atoms. The Hall–Kier alpha value is -1.66. The Labute approximate surface area is 131 Å². The molecule has 21 heavy (non-hydrogen) atoms. The van der Waals surface area contributed by atoms with Crippen LogP contribution in [0.4, 0.5) is 5.69 Å². The van der Waals surface area contributed by atoms with Crippen LogP contribution in [0.5, 0.6) is 0 Å². The molecule has 0 radical (unpaired) electrons. The molecule has 1 aromatic heterocycles. The molecule has 112 valence electrons. The largest absolute Gasteiger partial charge is 0.466 e. The van der Waals surface area contributed by atoms with Crippen molar-refractivity contribution in [3.8, 4) is 0 Å². The van der Waals surface area contributed by atoms with Crippen LogP contribution >= 0.6 is 15.9 Å². The fourth-order valence-electron chi connectivity index (χ4n) is 2.33. The van der Waals surface area contributed by atoms with Crippen LogP contribution < -0.4 is 5.32 Å². The van der Waals surface area contributed by atoms with E-state index in [-0.39, 0.29) is 16.7 Å². The molecule has 0 bridgehead atoms. The molecule has 0 fully saturated rings. The molecule has 0 aliphatic rings. The summed E-state index contributed by atoms with van der Waals surface area (Å²) in [6.45, 7) is 6.26. The molecule has 0 amide bonds. The Kier molecular flexibility index (Phi) is 4.80. The fourth-order valence-corrected chi connectivity index (χ4v) is 2.74. The number of halogens is 1. The van der Waals surface area contributed by atoms with Crippen LogP contribution in [0, 0.1) is 24.0 Å². The monoisotopic (exact) mass is 352 g/mol. The molecule has 2 rings (SSSR count). The van der Waals surface area contributed by atoms with E-state index < -0.39 is 0 Å². The van der Waals surface area contributed by atoms with Crippen LogP contribution in [0.25, 0.3) is 0 Å². The van der Waals surface area contributed by atoms with Gasteiger partial charge in [0.15, 0.2) is 0 Å². The highest BCUT2D eigenvalue weighted by atomic mass is 79.9. The summed E-state index contributed by atoms with van der Waals surface area (Å²) < 4.78 is 6.34. The summed E-state index contributed by atoms with van der Waals surface area (Å²) in [5, 5.41) is 14.4. The second kappa shape index (κ2) is 6.41. The maximum Gasteiger partial charge on any atom is 0.273 e. The highest BCUT2D eigenvalue weighted by Crippen LogP contribution is 2.25. The van der Waals surface area contributed by atoms with Crippen molar-refractivity contribution in [2.45, 2.75) is 33.4 Å². The van der Waals surface area contributed by atoms with E-state index in [0.717, 1.165) is 21.6 Å². The van der Waals surface area contributed by atoms with Crippen molar-refractivity contribution in [2.75, 3.05) is 0 Å². The maximum atomic E-state index is 11.1. The van der Waals surface area contributed by atoms with E-state index in [1.807, 2.05) is 26.8 Å². The highest BCUT2D eigenvalue weighted by molar-refractivity contribution is 9.10. The van der Waals surface area contributed by atoms with E-state index in [2.05, 4.69) is 21.2 Å². The molecule has 2 aromatic rings. The molecule has 5 nitrogen and oxygen atoms in total. The maximum absolute atomic E-state index is 11.1. The van der Waals surface area contributed by atoms with E-state index in [0.29, 0.717) is 12.1 Å². The van der Waals surface area contributed by atoms with E-state index in [9.17, 15) is 10.1 Å². The van der Waals surface area contributed by atoms with Crippen LogP contribution in [0.1, 0.15) is 35.6 Å². The molecule has 1 unspecified atom stereocenters. The highest BCUT2D eigenvalue weighted by Gasteiger charge is 2.16. The predicted molar refractivity (Wildman–Crippen MR) is 84.2 cm³/mol. The van der Waals surface area contributed by atoms with Gasteiger partial charge in [-0.2, -0.15) is 0 Å². The van der Waals surface area contributed by atoms with Gasteiger partial charge < -0.3 is 9.73 Å². The zero-order chi connectivity index (χ0) is 15.6. The summed E-state index contributed by atoms with van der Waals surface area (Å²) in [4.78, 5) is 10.7. The second-order valence-corrected chi connectivity index (χ2v) is 5.92. The molecule has 0 saturated carbocycles. The van der Waals surface area contributed by atoms with Crippen LogP contribution in [-0.4, -0.2) is 4.92 Å². The number of hydrogen-bond donors (Lipinski definition) is 1. The van der Waals surface area contributed by atoms with Gasteiger partial charge in [0.2, 0.25) is 0 Å². The molecule has 0 aliphatic heterocycles. The molecule has 0 saturated heterocycles. The smallest absolute Gasteiger partial charge is 0.273 e. The molecule has 6 heteroatoms. The average molecular weight is 353 g/mol. The van der Waals surface area contributed by atoms with Crippen molar-refractivity contribution in [2.24, 2.45) is 0 Å². The van der Waals surface area contributed by atoms with Crippen molar-refractivity contribution >= 4 is 21.6 Å². The normalized spacial score (nSPS) is 12.4. The van der Waals surface area contributed by atoms with E-state index >= 15 is 0 Å². The Morgan fingerprint density at radius 1 is 1.38 bits per heavy atom. The first-order valence-corrected chi connectivity index (χ1v) is 7.41. The third-order valence-corrected chi connectivity index (χ3v) is 3.88. The Bertz CT molecular complexity index is 667. The minimum absolute atomic E-state index is 0.0565. The number of rotatable bonds is 5. The van der Waals surface area contributed by atoms with Gasteiger partial charge in [-0.25, -0.2) is 0 Å². The van der Waals surface area contributed by atoms with Gasteiger partial charge in [0.25, 0.3) is 5.69 Å². The number of nitrogens with one attached hydrogen (secondary N) is 1. The van der Waals surface area contributed by atoms with Gasteiger partial charge in [0.1, 0.15) is 11.5 Å². The van der Waals surface area contributed by atoms with Gasteiger partial charge in [0, 0.05) is 34.3 Å². The van der Waals surface area contributed by atoms with Crippen molar-refractivity contribution in [3.63, 3.8) is 0 Å². The van der Waals surface area contributed by atoms with Crippen molar-refractivity contribution in [1.82, 2.24) is 5.32 Å². The van der Waals surface area contributed by atoms with Crippen LogP contribution in [0.3, 0.4) is 0 Å². The van der Waals surface area contributed by atoms with E-state index in [1.54, 1.807) is 12.1 Å². The second-order valence-electron chi connectivity index (χ2n) is 5.00. The minimum atomic E-state index is -0.360. The van der Waals surface area contributed by atoms with Crippen molar-refractivity contribution < 1.29 is 9.34 Å². The van der Waals surface area contributed by atoms with Gasteiger partial charge in [0.05, 0.1) is 4.92 Å². The zero-order valence-electron chi connectivity index (χ0n) is 12.1. The molecule has 1 atom stereocenters. The van der Waals surface area contributed by atoms with Gasteiger partial charge in [-0.05, 0) is 39.0 Å². The third-order valence-electron chi connectivity index (χ3n) is 3.38. The molecule has 1 heterocycles. The lowest BCUT2D eigenvalue weighted by Crippen LogP contribution is -2.19. The number of furan rings is 1. The van der Waals surface area contributed by atoms with Gasteiger partial charge >= 0.3 is 0 Å². The first-order valence-electron chi connectivity index (χ1n) is 6.61. The zero-order valence-corrected chi connectivity index (χ0v) is 13.7. The Morgan fingerprint density at radius 2 is 2.10 bits per heavy atom. The summed E-state index contributed by atoms with van der Waals surface area (Å²) in [6, 6.07) is 7.00. The lowest BCUT2D eigenvalue weighted by molar-refractivity contribution is -0.385. The van der Waals surface area contributed by atoms with Crippen LogP contribution in [0.2, 0.25) is 0 Å². The van der Waals surface area contributed by atoms with Gasteiger partial charge in [-0.3, -0.25) is 10.1 Å². The Morgan fingerprint density at radius 3 is 2.67 bits per heavy atom. The van der Waals surface area contributed by atoms with Gasteiger partial charge in [-0.1, -0.05) is 15.9 Å². The topological polar surface area (TPSA) is 68.3 Å². The van der Waals surface area contributed by atoms with Gasteiger partial charge in [-0.15, -0.1) is 0 Å². The number of aryl methyl sites for hydroxylation is 2. The number of benzene rings is 1. The average Bonchev–Trinajstić information content (AvgIpc) is 2.74.